The van der Waals surface area contributed by atoms with Crippen molar-refractivity contribution < 1.29 is 31.9 Å². The van der Waals surface area contributed by atoms with E-state index in [1.165, 1.54) is 12.3 Å². The molecule has 2 N–H and O–H groups in total. The Hall–Kier alpha value is -2.42. The van der Waals surface area contributed by atoms with Crippen LogP contribution in [0.25, 0.3) is 11.5 Å². The number of sulfonamides is 1. The first-order chi connectivity index (χ1) is 9.28. The Morgan fingerprint density at radius 3 is 2.65 bits per heavy atom. The SMILES string of the molecule is CC(=O)Oc1c(NS(C)(=O)=O)oc(-c2ccco2)c1O. The molecular formula is C11H11NO7S. The van der Waals surface area contributed by atoms with Gasteiger partial charge in [0.25, 0.3) is 5.88 Å². The zero-order valence-corrected chi connectivity index (χ0v) is 11.4. The topological polar surface area (TPSA) is 119 Å². The summed E-state index contributed by atoms with van der Waals surface area (Å²) >= 11 is 0. The Morgan fingerprint density at radius 1 is 1.45 bits per heavy atom. The molecule has 0 unspecified atom stereocenters. The molecular weight excluding hydrogens is 290 g/mol. The van der Waals surface area contributed by atoms with Gasteiger partial charge in [-0.2, -0.15) is 0 Å². The van der Waals surface area contributed by atoms with Crippen molar-refractivity contribution in [3.63, 3.8) is 0 Å². The van der Waals surface area contributed by atoms with Gasteiger partial charge in [-0.25, -0.2) is 13.1 Å². The van der Waals surface area contributed by atoms with Crippen molar-refractivity contribution in [1.29, 1.82) is 0 Å². The van der Waals surface area contributed by atoms with E-state index < -0.39 is 33.4 Å². The first kappa shape index (κ1) is 14.0. The molecule has 0 atom stereocenters. The summed E-state index contributed by atoms with van der Waals surface area (Å²) in [6, 6.07) is 3.03. The highest BCUT2D eigenvalue weighted by Crippen LogP contribution is 2.46. The lowest BCUT2D eigenvalue weighted by molar-refractivity contribution is -0.131. The third kappa shape index (κ3) is 2.94. The van der Waals surface area contributed by atoms with Crippen LogP contribution in [0.15, 0.2) is 27.2 Å². The van der Waals surface area contributed by atoms with Gasteiger partial charge in [0.2, 0.25) is 27.3 Å². The summed E-state index contributed by atoms with van der Waals surface area (Å²) in [7, 11) is -3.68. The second-order valence-corrected chi connectivity index (χ2v) is 5.63. The molecule has 9 heteroatoms. The molecule has 0 radical (unpaired) electrons. The van der Waals surface area contributed by atoms with E-state index in [0.717, 1.165) is 13.2 Å². The highest BCUT2D eigenvalue weighted by Gasteiger charge is 2.27. The van der Waals surface area contributed by atoms with Gasteiger partial charge in [0, 0.05) is 6.92 Å². The molecule has 0 saturated carbocycles. The fourth-order valence-corrected chi connectivity index (χ4v) is 1.93. The molecule has 0 saturated heterocycles. The second kappa shape index (κ2) is 4.93. The van der Waals surface area contributed by atoms with E-state index >= 15 is 0 Å². The summed E-state index contributed by atoms with van der Waals surface area (Å²) < 4.78 is 39.4. The van der Waals surface area contributed by atoms with E-state index in [9.17, 15) is 18.3 Å². The van der Waals surface area contributed by atoms with Crippen molar-refractivity contribution in [3.8, 4) is 23.0 Å². The number of hydrogen-bond acceptors (Lipinski definition) is 7. The quantitative estimate of drug-likeness (QED) is 0.822. The van der Waals surface area contributed by atoms with E-state index in [1.807, 2.05) is 4.72 Å². The number of furan rings is 2. The predicted molar refractivity (Wildman–Crippen MR) is 67.9 cm³/mol. The molecule has 2 aromatic rings. The molecule has 0 spiro atoms. The molecule has 0 aliphatic heterocycles. The third-order valence-corrected chi connectivity index (χ3v) is 2.67. The molecule has 0 aliphatic carbocycles. The number of rotatable bonds is 4. The number of carbonyl (C=O) groups is 1. The smallest absolute Gasteiger partial charge is 0.308 e. The van der Waals surface area contributed by atoms with Crippen molar-refractivity contribution in [2.75, 3.05) is 11.0 Å². The maximum Gasteiger partial charge on any atom is 0.308 e. The minimum Gasteiger partial charge on any atom is -0.501 e. The molecule has 0 aromatic carbocycles. The Bertz CT molecular complexity index is 727. The van der Waals surface area contributed by atoms with Crippen LogP contribution in [0.2, 0.25) is 0 Å². The highest BCUT2D eigenvalue weighted by atomic mass is 32.2. The molecule has 0 amide bonds. The van der Waals surface area contributed by atoms with Crippen LogP contribution in [0.1, 0.15) is 6.92 Å². The van der Waals surface area contributed by atoms with Gasteiger partial charge in [0.15, 0.2) is 5.76 Å². The Balaban J connectivity index is 2.54. The number of hydrogen-bond donors (Lipinski definition) is 2. The molecule has 8 nitrogen and oxygen atoms in total. The zero-order valence-electron chi connectivity index (χ0n) is 10.5. The standard InChI is InChI=1S/C11H11NO7S/c1-6(13)18-10-8(14)9(7-4-3-5-17-7)19-11(10)12-20(2,15)16/h3-5,12,14H,1-2H3. The van der Waals surface area contributed by atoms with Crippen LogP contribution < -0.4 is 9.46 Å². The lowest BCUT2D eigenvalue weighted by Crippen LogP contribution is -2.11. The lowest BCUT2D eigenvalue weighted by atomic mass is 10.3. The first-order valence-electron chi connectivity index (χ1n) is 5.34. The molecule has 108 valence electrons. The summed E-state index contributed by atoms with van der Waals surface area (Å²) in [6.45, 7) is 1.10. The Labute approximate surface area is 114 Å². The van der Waals surface area contributed by atoms with Crippen LogP contribution in [0.5, 0.6) is 11.5 Å². The summed E-state index contributed by atoms with van der Waals surface area (Å²) in [4.78, 5) is 11.0. The minimum absolute atomic E-state index is 0.150. The van der Waals surface area contributed by atoms with Crippen LogP contribution in [0.4, 0.5) is 5.88 Å². The number of carbonyl (C=O) groups excluding carboxylic acids is 1. The van der Waals surface area contributed by atoms with E-state index in [-0.39, 0.29) is 11.5 Å². The summed E-state index contributed by atoms with van der Waals surface area (Å²) in [5.74, 6) is -2.12. The van der Waals surface area contributed by atoms with Crippen LogP contribution >= 0.6 is 0 Å². The number of esters is 1. The van der Waals surface area contributed by atoms with Crippen LogP contribution in [-0.2, 0) is 14.8 Å². The summed E-state index contributed by atoms with van der Waals surface area (Å²) in [6.07, 6.45) is 2.23. The normalized spacial score (nSPS) is 11.3. The zero-order chi connectivity index (χ0) is 14.9. The van der Waals surface area contributed by atoms with Crippen LogP contribution in [-0.4, -0.2) is 25.7 Å². The fraction of sp³-hybridized carbons (Fsp3) is 0.182. The first-order valence-corrected chi connectivity index (χ1v) is 7.23. The second-order valence-electron chi connectivity index (χ2n) is 3.88. The fourth-order valence-electron chi connectivity index (χ4n) is 1.46. The van der Waals surface area contributed by atoms with Crippen molar-refractivity contribution in [1.82, 2.24) is 0 Å². The number of nitrogens with one attached hydrogen (secondary N) is 1. The van der Waals surface area contributed by atoms with Crippen LogP contribution in [0.3, 0.4) is 0 Å². The monoisotopic (exact) mass is 301 g/mol. The molecule has 2 aromatic heterocycles. The van der Waals surface area contributed by atoms with E-state index in [2.05, 4.69) is 0 Å². The van der Waals surface area contributed by atoms with Gasteiger partial charge in [-0.15, -0.1) is 0 Å². The van der Waals surface area contributed by atoms with Gasteiger partial charge in [0.1, 0.15) is 0 Å². The van der Waals surface area contributed by atoms with Gasteiger partial charge < -0.3 is 18.7 Å². The molecule has 2 heterocycles. The van der Waals surface area contributed by atoms with E-state index in [0.29, 0.717) is 0 Å². The number of aromatic hydroxyl groups is 1. The predicted octanol–water partition coefficient (Wildman–Crippen LogP) is 1.54. The van der Waals surface area contributed by atoms with Gasteiger partial charge in [-0.1, -0.05) is 0 Å². The van der Waals surface area contributed by atoms with Crippen molar-refractivity contribution in [2.45, 2.75) is 6.92 Å². The minimum atomic E-state index is -3.68. The van der Waals surface area contributed by atoms with Gasteiger partial charge >= 0.3 is 5.97 Å². The largest absolute Gasteiger partial charge is 0.501 e. The molecule has 0 fully saturated rings. The maximum absolute atomic E-state index is 11.2. The Kier molecular flexibility index (Phi) is 3.45. The lowest BCUT2D eigenvalue weighted by Gasteiger charge is -2.02. The average Bonchev–Trinajstić information content (AvgIpc) is 2.89. The highest BCUT2D eigenvalue weighted by molar-refractivity contribution is 7.92. The molecule has 0 bridgehead atoms. The number of ether oxygens (including phenoxy) is 1. The Morgan fingerprint density at radius 2 is 2.15 bits per heavy atom. The van der Waals surface area contributed by atoms with Crippen LogP contribution in [0, 0.1) is 0 Å². The maximum atomic E-state index is 11.2. The molecule has 2 rings (SSSR count). The van der Waals surface area contributed by atoms with Crippen molar-refractivity contribution in [3.05, 3.63) is 18.4 Å². The average molecular weight is 301 g/mol. The van der Waals surface area contributed by atoms with Gasteiger partial charge in [-0.05, 0) is 12.1 Å². The summed E-state index contributed by atoms with van der Waals surface area (Å²) in [5, 5.41) is 9.96. The van der Waals surface area contributed by atoms with Gasteiger partial charge in [-0.3, -0.25) is 4.79 Å². The van der Waals surface area contributed by atoms with Gasteiger partial charge in [0.05, 0.1) is 12.5 Å². The number of anilines is 1. The van der Waals surface area contributed by atoms with Crippen molar-refractivity contribution >= 4 is 21.9 Å². The molecule has 0 aliphatic rings. The summed E-state index contributed by atoms with van der Waals surface area (Å²) in [5.41, 5.74) is 0. The van der Waals surface area contributed by atoms with E-state index in [1.54, 1.807) is 6.07 Å². The van der Waals surface area contributed by atoms with Crippen molar-refractivity contribution in [2.24, 2.45) is 0 Å². The molecule has 20 heavy (non-hydrogen) atoms. The third-order valence-electron chi connectivity index (χ3n) is 2.11. The van der Waals surface area contributed by atoms with E-state index in [4.69, 9.17) is 13.6 Å².